The molecule has 2 heterocycles. The highest BCUT2D eigenvalue weighted by molar-refractivity contribution is 6.03. The predicted octanol–water partition coefficient (Wildman–Crippen LogP) is 0.205. The van der Waals surface area contributed by atoms with E-state index in [4.69, 9.17) is 10.00 Å². The van der Waals surface area contributed by atoms with Gasteiger partial charge in [-0.25, -0.2) is 0 Å². The van der Waals surface area contributed by atoms with E-state index in [-0.39, 0.29) is 11.8 Å². The molecule has 0 aromatic carbocycles. The van der Waals surface area contributed by atoms with Crippen molar-refractivity contribution in [3.63, 3.8) is 0 Å². The van der Waals surface area contributed by atoms with Crippen molar-refractivity contribution >= 4 is 11.8 Å². The number of imide groups is 1. The van der Waals surface area contributed by atoms with Gasteiger partial charge in [-0.3, -0.25) is 14.5 Å². The Hall–Kier alpha value is -1.41. The Bertz CT molecular complexity index is 347. The van der Waals surface area contributed by atoms with Gasteiger partial charge in [0.05, 0.1) is 6.07 Å². The Kier molecular flexibility index (Phi) is 2.05. The summed E-state index contributed by atoms with van der Waals surface area (Å²) >= 11 is 0. The molecule has 15 heavy (non-hydrogen) atoms. The number of fused-ring (bicyclic) bond motifs is 2. The topological polar surface area (TPSA) is 70.4 Å². The van der Waals surface area contributed by atoms with Crippen molar-refractivity contribution in [2.45, 2.75) is 44.4 Å². The van der Waals surface area contributed by atoms with E-state index in [1.165, 1.54) is 0 Å². The van der Waals surface area contributed by atoms with Gasteiger partial charge in [0.25, 0.3) is 11.8 Å². The van der Waals surface area contributed by atoms with E-state index < -0.39 is 17.7 Å². The molecule has 2 saturated heterocycles. The van der Waals surface area contributed by atoms with Crippen LogP contribution in [0.1, 0.15) is 26.7 Å². The first kappa shape index (κ1) is 10.1. The Morgan fingerprint density at radius 3 is 2.20 bits per heavy atom. The van der Waals surface area contributed by atoms with Gasteiger partial charge in [0.1, 0.15) is 17.7 Å². The molecule has 2 bridgehead atoms. The van der Waals surface area contributed by atoms with E-state index in [0.29, 0.717) is 12.8 Å². The van der Waals surface area contributed by atoms with Crippen molar-refractivity contribution < 1.29 is 14.3 Å². The van der Waals surface area contributed by atoms with Gasteiger partial charge in [0, 0.05) is 0 Å². The zero-order valence-electron chi connectivity index (χ0n) is 8.69. The summed E-state index contributed by atoms with van der Waals surface area (Å²) in [4.78, 5) is 24.7. The van der Waals surface area contributed by atoms with Crippen molar-refractivity contribution in [1.29, 1.82) is 5.26 Å². The third kappa shape index (κ3) is 1.33. The van der Waals surface area contributed by atoms with Gasteiger partial charge in [-0.05, 0) is 26.7 Å². The Morgan fingerprint density at radius 2 is 1.80 bits per heavy atom. The number of nitrogens with zero attached hydrogens (tertiary/aromatic N) is 2. The first-order valence-corrected chi connectivity index (χ1v) is 4.92. The Balaban J connectivity index is 2.37. The largest absolute Gasteiger partial charge is 0.355 e. The molecule has 2 amide bonds. The molecule has 2 aliphatic heterocycles. The van der Waals surface area contributed by atoms with E-state index in [0.717, 1.165) is 4.90 Å². The van der Waals surface area contributed by atoms with E-state index in [1.807, 2.05) is 6.07 Å². The normalized spacial score (nSPS) is 30.6. The second kappa shape index (κ2) is 3.04. The number of ether oxygens (including phenoxy) is 1. The molecule has 2 rings (SSSR count). The summed E-state index contributed by atoms with van der Waals surface area (Å²) < 4.78 is 5.24. The molecule has 2 unspecified atom stereocenters. The number of nitriles is 1. The number of carbonyl (C=O) groups is 2. The second-order valence-electron chi connectivity index (χ2n) is 4.37. The molecule has 0 radical (unpaired) electrons. The molecule has 2 fully saturated rings. The second-order valence-corrected chi connectivity index (χ2v) is 4.37. The van der Waals surface area contributed by atoms with Gasteiger partial charge in [0.2, 0.25) is 0 Å². The van der Waals surface area contributed by atoms with Gasteiger partial charge in [-0.2, -0.15) is 5.26 Å². The fraction of sp³-hybridized carbons (Fsp3) is 0.700. The number of carbonyl (C=O) groups excluding carboxylic acids is 2. The lowest BCUT2D eigenvalue weighted by Crippen LogP contribution is -2.59. The molecular weight excluding hydrogens is 196 g/mol. The number of likely N-dealkylation sites (tertiary alicyclic amines) is 1. The minimum Gasteiger partial charge on any atom is -0.355 e. The van der Waals surface area contributed by atoms with Crippen LogP contribution < -0.4 is 0 Å². The van der Waals surface area contributed by atoms with Crippen LogP contribution in [0.4, 0.5) is 0 Å². The van der Waals surface area contributed by atoms with E-state index in [9.17, 15) is 9.59 Å². The number of amides is 2. The maximum absolute atomic E-state index is 11.8. The average Bonchev–Trinajstić information content (AvgIpc) is 2.61. The number of rotatable bonds is 1. The minimum atomic E-state index is -1.08. The molecule has 80 valence electrons. The van der Waals surface area contributed by atoms with Crippen molar-refractivity contribution in [2.75, 3.05) is 0 Å². The lowest BCUT2D eigenvalue weighted by Gasteiger charge is -2.37. The van der Waals surface area contributed by atoms with E-state index in [2.05, 4.69) is 0 Å². The van der Waals surface area contributed by atoms with Crippen LogP contribution in [0.5, 0.6) is 0 Å². The smallest absolute Gasteiger partial charge is 0.259 e. The monoisotopic (exact) mass is 208 g/mol. The zero-order valence-corrected chi connectivity index (χ0v) is 8.69. The Labute approximate surface area is 87.6 Å². The molecule has 5 heteroatoms. The molecule has 0 N–H and O–H groups in total. The third-order valence-corrected chi connectivity index (χ3v) is 2.84. The van der Waals surface area contributed by atoms with Gasteiger partial charge >= 0.3 is 0 Å². The van der Waals surface area contributed by atoms with Crippen molar-refractivity contribution in [2.24, 2.45) is 0 Å². The lowest BCUT2D eigenvalue weighted by atomic mass is 10.0. The first-order valence-electron chi connectivity index (χ1n) is 4.92. The van der Waals surface area contributed by atoms with Crippen LogP contribution in [0.2, 0.25) is 0 Å². The fourth-order valence-corrected chi connectivity index (χ4v) is 2.00. The quantitative estimate of drug-likeness (QED) is 0.577. The summed E-state index contributed by atoms with van der Waals surface area (Å²) in [6.07, 6.45) is 0.0983. The zero-order chi connectivity index (χ0) is 11.2. The number of hydrogen-bond acceptors (Lipinski definition) is 4. The van der Waals surface area contributed by atoms with Crippen LogP contribution in [0.15, 0.2) is 0 Å². The van der Waals surface area contributed by atoms with Crippen LogP contribution >= 0.6 is 0 Å². The lowest BCUT2D eigenvalue weighted by molar-refractivity contribution is -0.173. The summed E-state index contributed by atoms with van der Waals surface area (Å²) in [5.41, 5.74) is -1.08. The van der Waals surface area contributed by atoms with Gasteiger partial charge < -0.3 is 4.74 Å². The van der Waals surface area contributed by atoms with Gasteiger partial charge in [0.15, 0.2) is 0 Å². The molecule has 5 nitrogen and oxygen atoms in total. The van der Waals surface area contributed by atoms with E-state index in [1.54, 1.807) is 13.8 Å². The molecule has 0 aliphatic carbocycles. The van der Waals surface area contributed by atoms with Crippen LogP contribution in [-0.2, 0) is 14.3 Å². The van der Waals surface area contributed by atoms with Crippen LogP contribution in [-0.4, -0.2) is 34.5 Å². The SMILES string of the molecule is CC(C)(C#N)N1C(=O)C2CCC(O2)C1=O. The summed E-state index contributed by atoms with van der Waals surface area (Å²) in [6, 6.07) is 1.97. The standard InChI is InChI=1S/C10H12N2O3/c1-10(2,5-11)12-8(13)6-3-4-7(15-6)9(12)14/h6-7H,3-4H2,1-2H3. The van der Waals surface area contributed by atoms with Crippen molar-refractivity contribution in [3.05, 3.63) is 0 Å². The summed E-state index contributed by atoms with van der Waals surface area (Å²) in [5, 5.41) is 8.94. The summed E-state index contributed by atoms with van der Waals surface area (Å²) in [7, 11) is 0. The third-order valence-electron chi connectivity index (χ3n) is 2.84. The predicted molar refractivity (Wildman–Crippen MR) is 49.4 cm³/mol. The maximum Gasteiger partial charge on any atom is 0.259 e. The van der Waals surface area contributed by atoms with E-state index >= 15 is 0 Å². The minimum absolute atomic E-state index is 0.375. The summed E-state index contributed by atoms with van der Waals surface area (Å²) in [5.74, 6) is -0.749. The highest BCUT2D eigenvalue weighted by Crippen LogP contribution is 2.32. The first-order chi connectivity index (χ1) is 6.97. The summed E-state index contributed by atoms with van der Waals surface area (Å²) in [6.45, 7) is 3.13. The molecule has 0 spiro atoms. The Morgan fingerprint density at radius 1 is 1.33 bits per heavy atom. The highest BCUT2D eigenvalue weighted by atomic mass is 16.5. The number of hydrogen-bond donors (Lipinski definition) is 0. The maximum atomic E-state index is 11.8. The van der Waals surface area contributed by atoms with Crippen LogP contribution in [0, 0.1) is 11.3 Å². The molecule has 2 atom stereocenters. The highest BCUT2D eigenvalue weighted by Gasteiger charge is 2.51. The molecule has 0 aromatic rings. The van der Waals surface area contributed by atoms with Crippen molar-refractivity contribution in [1.82, 2.24) is 4.90 Å². The molecule has 2 aliphatic rings. The van der Waals surface area contributed by atoms with Crippen LogP contribution in [0.25, 0.3) is 0 Å². The molecule has 0 aromatic heterocycles. The van der Waals surface area contributed by atoms with Crippen LogP contribution in [0.3, 0.4) is 0 Å². The van der Waals surface area contributed by atoms with Crippen molar-refractivity contribution in [3.8, 4) is 6.07 Å². The van der Waals surface area contributed by atoms with Gasteiger partial charge in [-0.15, -0.1) is 0 Å². The fourth-order valence-electron chi connectivity index (χ4n) is 2.00. The average molecular weight is 208 g/mol. The molecule has 0 saturated carbocycles. The van der Waals surface area contributed by atoms with Gasteiger partial charge in [-0.1, -0.05) is 0 Å². The number of morpholine rings is 1. The molecular formula is C10H12N2O3.